The molecule has 1 aromatic heterocycles. The van der Waals surface area contributed by atoms with Crippen LogP contribution in [0.3, 0.4) is 0 Å². The maximum absolute atomic E-state index is 12.6. The average Bonchev–Trinajstić information content (AvgIpc) is 3.26. The number of carbonyl (C=O) groups is 1. The van der Waals surface area contributed by atoms with Crippen molar-refractivity contribution in [3.63, 3.8) is 0 Å². The van der Waals surface area contributed by atoms with Crippen LogP contribution in [0.15, 0.2) is 53.1 Å². The zero-order chi connectivity index (χ0) is 20.2. The molecule has 1 atom stereocenters. The van der Waals surface area contributed by atoms with Gasteiger partial charge in [-0.2, -0.15) is 4.98 Å². The molecule has 0 unspecified atom stereocenters. The molecule has 0 aliphatic carbocycles. The molecule has 8 heteroatoms. The Morgan fingerprint density at radius 1 is 1.28 bits per heavy atom. The molecule has 0 radical (unpaired) electrons. The fourth-order valence-electron chi connectivity index (χ4n) is 3.38. The van der Waals surface area contributed by atoms with Crippen molar-refractivity contribution >= 4 is 23.3 Å². The van der Waals surface area contributed by atoms with Gasteiger partial charge in [-0.1, -0.05) is 28.9 Å². The summed E-state index contributed by atoms with van der Waals surface area (Å²) in [6.07, 6.45) is 1.76. The molecule has 4 rings (SSSR count). The predicted molar refractivity (Wildman–Crippen MR) is 110 cm³/mol. The predicted octanol–water partition coefficient (Wildman–Crippen LogP) is 4.81. The van der Waals surface area contributed by atoms with Crippen LogP contribution in [0, 0.1) is 0 Å². The lowest BCUT2D eigenvalue weighted by atomic mass is 9.98. The topological polar surface area (TPSA) is 80.5 Å². The molecule has 1 aliphatic rings. The van der Waals surface area contributed by atoms with E-state index in [1.54, 1.807) is 36.3 Å². The summed E-state index contributed by atoms with van der Waals surface area (Å²) in [5, 5.41) is 7.64. The summed E-state index contributed by atoms with van der Waals surface area (Å²) in [6, 6.07) is 14.4. The van der Waals surface area contributed by atoms with Gasteiger partial charge in [-0.15, -0.1) is 0 Å². The van der Waals surface area contributed by atoms with Crippen LogP contribution in [0.2, 0.25) is 5.02 Å². The molecule has 1 fully saturated rings. The number of nitrogens with one attached hydrogen (secondary N) is 1. The third-order valence-corrected chi connectivity index (χ3v) is 5.17. The standard InChI is InChI=1S/C21H21ClN4O3/c1-28-18-6-2-4-14(12-18)19-24-20(29-25-19)15-5-3-11-26(13-15)21(27)23-17-9-7-16(22)8-10-17/h2,4,6-10,12,15H,3,5,11,13H2,1H3,(H,23,27)/t15-/m1/s1. The maximum Gasteiger partial charge on any atom is 0.321 e. The Labute approximate surface area is 173 Å². The van der Waals surface area contributed by atoms with E-state index in [0.29, 0.717) is 35.5 Å². The molecule has 0 spiro atoms. The first-order valence-corrected chi connectivity index (χ1v) is 9.79. The zero-order valence-corrected chi connectivity index (χ0v) is 16.7. The van der Waals surface area contributed by atoms with Crippen molar-refractivity contribution in [2.75, 3.05) is 25.5 Å². The van der Waals surface area contributed by atoms with Crippen molar-refractivity contribution in [3.05, 3.63) is 59.4 Å². The minimum absolute atomic E-state index is 0.00609. The van der Waals surface area contributed by atoms with Gasteiger partial charge in [0.15, 0.2) is 0 Å². The summed E-state index contributed by atoms with van der Waals surface area (Å²) in [5.41, 5.74) is 1.53. The van der Waals surface area contributed by atoms with Gasteiger partial charge in [-0.05, 0) is 49.2 Å². The number of rotatable bonds is 4. The van der Waals surface area contributed by atoms with Crippen LogP contribution >= 0.6 is 11.6 Å². The Morgan fingerprint density at radius 2 is 2.10 bits per heavy atom. The number of amides is 2. The molecular formula is C21H21ClN4O3. The number of hydrogen-bond donors (Lipinski definition) is 1. The van der Waals surface area contributed by atoms with Crippen molar-refractivity contribution in [1.29, 1.82) is 0 Å². The minimum atomic E-state index is -0.149. The summed E-state index contributed by atoms with van der Waals surface area (Å²) < 4.78 is 10.8. The second-order valence-corrected chi connectivity index (χ2v) is 7.35. The Bertz CT molecular complexity index is 990. The van der Waals surface area contributed by atoms with Gasteiger partial charge in [0.2, 0.25) is 11.7 Å². The number of urea groups is 1. The highest BCUT2D eigenvalue weighted by atomic mass is 35.5. The molecule has 1 N–H and O–H groups in total. The molecule has 2 heterocycles. The molecule has 29 heavy (non-hydrogen) atoms. The van der Waals surface area contributed by atoms with Gasteiger partial charge in [0.25, 0.3) is 0 Å². The molecule has 1 saturated heterocycles. The van der Waals surface area contributed by atoms with Gasteiger partial charge in [-0.25, -0.2) is 4.79 Å². The van der Waals surface area contributed by atoms with Gasteiger partial charge in [0.1, 0.15) is 5.75 Å². The quantitative estimate of drug-likeness (QED) is 0.665. The van der Waals surface area contributed by atoms with Gasteiger partial charge < -0.3 is 19.5 Å². The van der Waals surface area contributed by atoms with E-state index in [1.807, 2.05) is 24.3 Å². The molecule has 1 aliphatic heterocycles. The number of carbonyl (C=O) groups excluding carboxylic acids is 1. The Kier molecular flexibility index (Phi) is 5.67. The summed E-state index contributed by atoms with van der Waals surface area (Å²) >= 11 is 5.89. The van der Waals surface area contributed by atoms with Gasteiger partial charge in [0.05, 0.1) is 13.0 Å². The lowest BCUT2D eigenvalue weighted by molar-refractivity contribution is 0.184. The average molecular weight is 413 g/mol. The highest BCUT2D eigenvalue weighted by Gasteiger charge is 2.29. The summed E-state index contributed by atoms with van der Waals surface area (Å²) in [6.45, 7) is 1.21. The smallest absolute Gasteiger partial charge is 0.321 e. The van der Waals surface area contributed by atoms with Crippen molar-refractivity contribution in [3.8, 4) is 17.1 Å². The third kappa shape index (κ3) is 4.51. The first-order chi connectivity index (χ1) is 14.1. The second-order valence-electron chi connectivity index (χ2n) is 6.91. The van der Waals surface area contributed by atoms with E-state index in [2.05, 4.69) is 15.5 Å². The normalized spacial score (nSPS) is 16.5. The molecule has 3 aromatic rings. The zero-order valence-electron chi connectivity index (χ0n) is 16.0. The number of ether oxygens (including phenoxy) is 1. The van der Waals surface area contributed by atoms with Crippen LogP contribution in [-0.2, 0) is 0 Å². The lowest BCUT2D eigenvalue weighted by Crippen LogP contribution is -2.41. The Morgan fingerprint density at radius 3 is 2.90 bits per heavy atom. The van der Waals surface area contributed by atoms with E-state index in [0.717, 1.165) is 24.2 Å². The van der Waals surface area contributed by atoms with Crippen LogP contribution in [0.4, 0.5) is 10.5 Å². The summed E-state index contributed by atoms with van der Waals surface area (Å²) in [7, 11) is 1.62. The number of halogens is 1. The molecule has 150 valence electrons. The van der Waals surface area contributed by atoms with E-state index in [9.17, 15) is 4.79 Å². The Hall–Kier alpha value is -3.06. The number of benzene rings is 2. The highest BCUT2D eigenvalue weighted by Crippen LogP contribution is 2.29. The highest BCUT2D eigenvalue weighted by molar-refractivity contribution is 6.30. The van der Waals surface area contributed by atoms with Gasteiger partial charge in [-0.3, -0.25) is 0 Å². The maximum atomic E-state index is 12.6. The first kappa shape index (κ1) is 19.3. The summed E-state index contributed by atoms with van der Waals surface area (Å²) in [4.78, 5) is 19.0. The van der Waals surface area contributed by atoms with Crippen molar-refractivity contribution in [1.82, 2.24) is 15.0 Å². The molecule has 0 saturated carbocycles. The van der Waals surface area contributed by atoms with E-state index in [-0.39, 0.29) is 11.9 Å². The molecule has 0 bridgehead atoms. The largest absolute Gasteiger partial charge is 0.497 e. The SMILES string of the molecule is COc1cccc(-c2noc([C@@H]3CCCN(C(=O)Nc4ccc(Cl)cc4)C3)n2)c1. The monoisotopic (exact) mass is 412 g/mol. The molecule has 2 amide bonds. The van der Waals surface area contributed by atoms with E-state index in [1.165, 1.54) is 0 Å². The van der Waals surface area contributed by atoms with E-state index in [4.69, 9.17) is 20.9 Å². The summed E-state index contributed by atoms with van der Waals surface area (Å²) in [5.74, 6) is 1.80. The second kappa shape index (κ2) is 8.53. The lowest BCUT2D eigenvalue weighted by Gasteiger charge is -2.31. The number of aromatic nitrogens is 2. The Balaban J connectivity index is 1.43. The number of piperidine rings is 1. The van der Waals surface area contributed by atoms with E-state index >= 15 is 0 Å². The van der Waals surface area contributed by atoms with Crippen LogP contribution in [0.5, 0.6) is 5.75 Å². The van der Waals surface area contributed by atoms with Gasteiger partial charge >= 0.3 is 6.03 Å². The fourth-order valence-corrected chi connectivity index (χ4v) is 3.51. The van der Waals surface area contributed by atoms with Crippen molar-refractivity contribution < 1.29 is 14.1 Å². The number of anilines is 1. The van der Waals surface area contributed by atoms with Crippen LogP contribution in [-0.4, -0.2) is 41.3 Å². The molecule has 2 aromatic carbocycles. The number of likely N-dealkylation sites (tertiary alicyclic amines) is 1. The van der Waals surface area contributed by atoms with Crippen molar-refractivity contribution in [2.24, 2.45) is 0 Å². The third-order valence-electron chi connectivity index (χ3n) is 4.92. The molecule has 7 nitrogen and oxygen atoms in total. The minimum Gasteiger partial charge on any atom is -0.497 e. The number of nitrogens with zero attached hydrogens (tertiary/aromatic N) is 3. The number of hydrogen-bond acceptors (Lipinski definition) is 5. The van der Waals surface area contributed by atoms with Gasteiger partial charge in [0, 0.05) is 29.4 Å². The van der Waals surface area contributed by atoms with Crippen molar-refractivity contribution in [2.45, 2.75) is 18.8 Å². The number of methoxy groups -OCH3 is 1. The van der Waals surface area contributed by atoms with Crippen LogP contribution < -0.4 is 10.1 Å². The first-order valence-electron chi connectivity index (χ1n) is 9.42. The fraction of sp³-hybridized carbons (Fsp3) is 0.286. The van der Waals surface area contributed by atoms with E-state index < -0.39 is 0 Å². The van der Waals surface area contributed by atoms with Crippen LogP contribution in [0.25, 0.3) is 11.4 Å². The van der Waals surface area contributed by atoms with Crippen LogP contribution in [0.1, 0.15) is 24.7 Å². The molecular weight excluding hydrogens is 392 g/mol.